The zero-order valence-electron chi connectivity index (χ0n) is 12.5. The molecule has 2 N–H and O–H groups in total. The maximum Gasteiger partial charge on any atom is 0.0320 e. The lowest BCUT2D eigenvalue weighted by molar-refractivity contribution is 0.0947. The lowest BCUT2D eigenvalue weighted by Gasteiger charge is -2.38. The molecule has 1 atom stereocenters. The lowest BCUT2D eigenvalue weighted by Crippen LogP contribution is -2.48. The van der Waals surface area contributed by atoms with Crippen LogP contribution in [0.5, 0.6) is 0 Å². The quantitative estimate of drug-likeness (QED) is 0.846. The van der Waals surface area contributed by atoms with E-state index in [1.165, 1.54) is 25.2 Å². The second kappa shape index (κ2) is 6.40. The Morgan fingerprint density at radius 2 is 1.58 bits per heavy atom. The molecule has 1 saturated heterocycles. The Balaban J connectivity index is 1.88. The molecule has 2 rings (SSSR count). The Morgan fingerprint density at radius 3 is 2.11 bits per heavy atom. The van der Waals surface area contributed by atoms with Crippen molar-refractivity contribution >= 4 is 5.69 Å². The fourth-order valence-corrected chi connectivity index (χ4v) is 2.83. The van der Waals surface area contributed by atoms with Crippen LogP contribution >= 0.6 is 0 Å². The van der Waals surface area contributed by atoms with Crippen molar-refractivity contribution in [3.05, 3.63) is 29.8 Å². The Hall–Kier alpha value is -1.06. The first kappa shape index (κ1) is 14.4. The van der Waals surface area contributed by atoms with Crippen LogP contribution in [-0.2, 0) is 0 Å². The van der Waals surface area contributed by atoms with Gasteiger partial charge in [-0.3, -0.25) is 4.90 Å². The first-order valence-corrected chi connectivity index (χ1v) is 7.38. The average molecular weight is 261 g/mol. The van der Waals surface area contributed by atoms with Gasteiger partial charge in [-0.15, -0.1) is 0 Å². The van der Waals surface area contributed by atoms with Crippen LogP contribution in [0.4, 0.5) is 5.69 Å². The molecule has 0 amide bonds. The van der Waals surface area contributed by atoms with Crippen molar-refractivity contribution in [1.29, 1.82) is 0 Å². The molecule has 1 unspecified atom stereocenters. The molecule has 1 heterocycles. The number of nitrogen functional groups attached to an aromatic ring is 1. The molecule has 1 aliphatic rings. The van der Waals surface area contributed by atoms with Crippen LogP contribution in [0.25, 0.3) is 0 Å². The molecule has 0 saturated carbocycles. The van der Waals surface area contributed by atoms with Crippen molar-refractivity contribution < 1.29 is 0 Å². The van der Waals surface area contributed by atoms with E-state index in [0.29, 0.717) is 6.04 Å². The first-order valence-electron chi connectivity index (χ1n) is 7.38. The highest BCUT2D eigenvalue weighted by Gasteiger charge is 2.22. The standard InChI is InChI=1S/C16H27N3/c1-13(2)12-18-8-10-19(11-9-18)14(3)15-4-6-16(17)7-5-15/h4-7,13-14H,8-12,17H2,1-3H3. The summed E-state index contributed by atoms with van der Waals surface area (Å²) in [6.07, 6.45) is 0. The van der Waals surface area contributed by atoms with Crippen LogP contribution < -0.4 is 5.73 Å². The number of nitrogens with two attached hydrogens (primary N) is 1. The molecule has 0 aliphatic carbocycles. The highest BCUT2D eigenvalue weighted by atomic mass is 15.3. The molecular formula is C16H27N3. The van der Waals surface area contributed by atoms with E-state index in [1.807, 2.05) is 12.1 Å². The van der Waals surface area contributed by atoms with Crippen LogP contribution in [0.2, 0.25) is 0 Å². The van der Waals surface area contributed by atoms with E-state index in [9.17, 15) is 0 Å². The summed E-state index contributed by atoms with van der Waals surface area (Å²) in [6.45, 7) is 12.8. The Labute approximate surface area is 117 Å². The van der Waals surface area contributed by atoms with Crippen molar-refractivity contribution in [2.24, 2.45) is 5.92 Å². The maximum atomic E-state index is 5.75. The van der Waals surface area contributed by atoms with Crippen molar-refractivity contribution in [3.8, 4) is 0 Å². The van der Waals surface area contributed by atoms with Crippen LogP contribution in [0.3, 0.4) is 0 Å². The summed E-state index contributed by atoms with van der Waals surface area (Å²) >= 11 is 0. The summed E-state index contributed by atoms with van der Waals surface area (Å²) in [6, 6.07) is 8.80. The van der Waals surface area contributed by atoms with Crippen molar-refractivity contribution in [2.45, 2.75) is 26.8 Å². The van der Waals surface area contributed by atoms with E-state index in [4.69, 9.17) is 5.73 Å². The monoisotopic (exact) mass is 261 g/mol. The molecule has 1 fully saturated rings. The second-order valence-corrected chi connectivity index (χ2v) is 6.07. The number of benzene rings is 1. The maximum absolute atomic E-state index is 5.75. The molecular weight excluding hydrogens is 234 g/mol. The Bertz CT molecular complexity index is 377. The molecule has 1 aliphatic heterocycles. The average Bonchev–Trinajstić information content (AvgIpc) is 2.39. The van der Waals surface area contributed by atoms with Gasteiger partial charge in [-0.05, 0) is 30.5 Å². The Kier molecular flexibility index (Phi) is 4.83. The largest absolute Gasteiger partial charge is 0.399 e. The van der Waals surface area contributed by atoms with Gasteiger partial charge in [0.25, 0.3) is 0 Å². The van der Waals surface area contributed by atoms with Crippen LogP contribution in [0.1, 0.15) is 32.4 Å². The SMILES string of the molecule is CC(C)CN1CCN(C(C)c2ccc(N)cc2)CC1. The summed E-state index contributed by atoms with van der Waals surface area (Å²) in [4.78, 5) is 5.15. The topological polar surface area (TPSA) is 32.5 Å². The predicted molar refractivity (Wildman–Crippen MR) is 82.1 cm³/mol. The third-order valence-electron chi connectivity index (χ3n) is 4.00. The molecule has 106 valence electrons. The van der Waals surface area contributed by atoms with Gasteiger partial charge in [0.05, 0.1) is 0 Å². The van der Waals surface area contributed by atoms with E-state index in [-0.39, 0.29) is 0 Å². The summed E-state index contributed by atoms with van der Waals surface area (Å²) in [5.74, 6) is 0.765. The number of rotatable bonds is 4. The minimum absolute atomic E-state index is 0.488. The van der Waals surface area contributed by atoms with Gasteiger partial charge < -0.3 is 10.6 Å². The second-order valence-electron chi connectivity index (χ2n) is 6.07. The molecule has 1 aromatic carbocycles. The molecule has 3 heteroatoms. The first-order chi connectivity index (χ1) is 9.06. The number of nitrogens with zero attached hydrogens (tertiary/aromatic N) is 2. The smallest absolute Gasteiger partial charge is 0.0320 e. The van der Waals surface area contributed by atoms with E-state index in [2.05, 4.69) is 42.7 Å². The van der Waals surface area contributed by atoms with E-state index in [0.717, 1.165) is 24.7 Å². The van der Waals surface area contributed by atoms with Crippen LogP contribution in [0.15, 0.2) is 24.3 Å². The van der Waals surface area contributed by atoms with Crippen molar-refractivity contribution in [2.75, 3.05) is 38.5 Å². The van der Waals surface area contributed by atoms with Crippen molar-refractivity contribution in [1.82, 2.24) is 9.80 Å². The lowest BCUT2D eigenvalue weighted by atomic mass is 10.1. The molecule has 19 heavy (non-hydrogen) atoms. The van der Waals surface area contributed by atoms with Gasteiger partial charge in [-0.1, -0.05) is 26.0 Å². The van der Waals surface area contributed by atoms with Crippen LogP contribution in [0, 0.1) is 5.92 Å². The summed E-state index contributed by atoms with van der Waals surface area (Å²) in [7, 11) is 0. The minimum Gasteiger partial charge on any atom is -0.399 e. The van der Waals surface area contributed by atoms with Gasteiger partial charge in [0.15, 0.2) is 0 Å². The zero-order chi connectivity index (χ0) is 13.8. The molecule has 0 radical (unpaired) electrons. The fraction of sp³-hybridized carbons (Fsp3) is 0.625. The summed E-state index contributed by atoms with van der Waals surface area (Å²) in [5, 5.41) is 0. The molecule has 0 aromatic heterocycles. The van der Waals surface area contributed by atoms with Gasteiger partial charge in [-0.2, -0.15) is 0 Å². The summed E-state index contributed by atoms with van der Waals surface area (Å²) < 4.78 is 0. The zero-order valence-corrected chi connectivity index (χ0v) is 12.5. The number of hydrogen-bond donors (Lipinski definition) is 1. The Morgan fingerprint density at radius 1 is 1.00 bits per heavy atom. The highest BCUT2D eigenvalue weighted by Crippen LogP contribution is 2.22. The van der Waals surface area contributed by atoms with Gasteiger partial charge in [0, 0.05) is 44.5 Å². The molecule has 1 aromatic rings. The minimum atomic E-state index is 0.488. The fourth-order valence-electron chi connectivity index (χ4n) is 2.83. The van der Waals surface area contributed by atoms with E-state index >= 15 is 0 Å². The molecule has 0 bridgehead atoms. The summed E-state index contributed by atoms with van der Waals surface area (Å²) in [5.41, 5.74) is 7.96. The molecule has 0 spiro atoms. The van der Waals surface area contributed by atoms with E-state index < -0.39 is 0 Å². The third-order valence-corrected chi connectivity index (χ3v) is 4.00. The van der Waals surface area contributed by atoms with E-state index in [1.54, 1.807) is 0 Å². The van der Waals surface area contributed by atoms with Gasteiger partial charge >= 0.3 is 0 Å². The number of anilines is 1. The highest BCUT2D eigenvalue weighted by molar-refractivity contribution is 5.40. The normalized spacial score (nSPS) is 19.8. The van der Waals surface area contributed by atoms with Crippen molar-refractivity contribution in [3.63, 3.8) is 0 Å². The molecule has 3 nitrogen and oxygen atoms in total. The number of piperazine rings is 1. The van der Waals surface area contributed by atoms with Gasteiger partial charge in [0.1, 0.15) is 0 Å². The third kappa shape index (κ3) is 3.95. The van der Waals surface area contributed by atoms with Gasteiger partial charge in [-0.25, -0.2) is 0 Å². The van der Waals surface area contributed by atoms with Crippen LogP contribution in [-0.4, -0.2) is 42.5 Å². The van der Waals surface area contributed by atoms with Gasteiger partial charge in [0.2, 0.25) is 0 Å². The predicted octanol–water partition coefficient (Wildman–Crippen LogP) is 2.60. The number of hydrogen-bond acceptors (Lipinski definition) is 3.